The first-order valence-electron chi connectivity index (χ1n) is 9.23. The first-order chi connectivity index (χ1) is 14.0. The lowest BCUT2D eigenvalue weighted by atomic mass is 10.2. The van der Waals surface area contributed by atoms with Crippen LogP contribution in [0.1, 0.15) is 12.0 Å². The highest BCUT2D eigenvalue weighted by Crippen LogP contribution is 2.11. The lowest BCUT2D eigenvalue weighted by molar-refractivity contribution is -0.121. The normalized spacial score (nSPS) is 11.0. The smallest absolute Gasteiger partial charge is 0.332 e. The SMILES string of the molecule is COCCCNC(=O)Cn1c(=O)n(Cc2ccc(Cl)cc2)c(=O)c2ccccc21. The van der Waals surface area contributed by atoms with Crippen molar-refractivity contribution in [2.45, 2.75) is 19.5 Å². The maximum Gasteiger partial charge on any atom is 0.332 e. The highest BCUT2D eigenvalue weighted by Gasteiger charge is 2.15. The van der Waals surface area contributed by atoms with Gasteiger partial charge in [0.15, 0.2) is 0 Å². The van der Waals surface area contributed by atoms with E-state index in [2.05, 4.69) is 5.32 Å². The Bertz CT molecular complexity index is 1120. The molecule has 1 amide bonds. The molecule has 1 aromatic heterocycles. The van der Waals surface area contributed by atoms with Gasteiger partial charge in [0.2, 0.25) is 5.91 Å². The zero-order chi connectivity index (χ0) is 20.8. The number of hydrogen-bond acceptors (Lipinski definition) is 4. The third-order valence-electron chi connectivity index (χ3n) is 4.54. The van der Waals surface area contributed by atoms with Crippen LogP contribution in [0.15, 0.2) is 58.1 Å². The van der Waals surface area contributed by atoms with Crippen molar-refractivity contribution in [3.63, 3.8) is 0 Å². The largest absolute Gasteiger partial charge is 0.385 e. The molecule has 0 saturated heterocycles. The summed E-state index contributed by atoms with van der Waals surface area (Å²) < 4.78 is 7.43. The molecule has 3 aromatic rings. The number of hydrogen-bond donors (Lipinski definition) is 1. The molecule has 7 nitrogen and oxygen atoms in total. The van der Waals surface area contributed by atoms with Crippen molar-refractivity contribution in [2.75, 3.05) is 20.3 Å². The fourth-order valence-electron chi connectivity index (χ4n) is 3.08. The number of amides is 1. The van der Waals surface area contributed by atoms with Crippen LogP contribution in [-0.2, 0) is 22.6 Å². The van der Waals surface area contributed by atoms with Crippen molar-refractivity contribution >= 4 is 28.4 Å². The van der Waals surface area contributed by atoms with Gasteiger partial charge in [0.05, 0.1) is 17.4 Å². The predicted octanol–water partition coefficient (Wildman–Crippen LogP) is 2.02. The molecule has 2 aromatic carbocycles. The summed E-state index contributed by atoms with van der Waals surface area (Å²) >= 11 is 5.91. The summed E-state index contributed by atoms with van der Waals surface area (Å²) in [5.41, 5.74) is 0.273. The number of fused-ring (bicyclic) bond motifs is 1. The third kappa shape index (κ3) is 4.93. The number of ether oxygens (including phenoxy) is 1. The quantitative estimate of drug-likeness (QED) is 0.570. The molecule has 0 aliphatic carbocycles. The molecular weight excluding hydrogens is 394 g/mol. The molecule has 0 unspecified atom stereocenters. The van der Waals surface area contributed by atoms with Gasteiger partial charge in [-0.3, -0.25) is 18.7 Å². The van der Waals surface area contributed by atoms with Crippen molar-refractivity contribution in [3.8, 4) is 0 Å². The minimum Gasteiger partial charge on any atom is -0.385 e. The van der Waals surface area contributed by atoms with Crippen LogP contribution in [0.2, 0.25) is 5.02 Å². The van der Waals surface area contributed by atoms with Crippen molar-refractivity contribution in [1.29, 1.82) is 0 Å². The first kappa shape index (κ1) is 20.8. The number of benzene rings is 2. The summed E-state index contributed by atoms with van der Waals surface area (Å²) in [5, 5.41) is 3.72. The Morgan fingerprint density at radius 1 is 1.07 bits per heavy atom. The van der Waals surface area contributed by atoms with E-state index in [1.165, 1.54) is 4.57 Å². The molecule has 3 rings (SSSR count). The van der Waals surface area contributed by atoms with E-state index in [0.717, 1.165) is 10.1 Å². The van der Waals surface area contributed by atoms with Crippen molar-refractivity contribution in [2.24, 2.45) is 0 Å². The number of rotatable bonds is 8. The average molecular weight is 416 g/mol. The van der Waals surface area contributed by atoms with Gasteiger partial charge in [-0.1, -0.05) is 35.9 Å². The summed E-state index contributed by atoms with van der Waals surface area (Å²) in [5.74, 6) is -0.301. The molecule has 1 N–H and O–H groups in total. The number of halogens is 1. The van der Waals surface area contributed by atoms with E-state index in [0.29, 0.717) is 35.5 Å². The van der Waals surface area contributed by atoms with E-state index < -0.39 is 11.2 Å². The van der Waals surface area contributed by atoms with Crippen LogP contribution in [0.3, 0.4) is 0 Å². The summed E-state index contributed by atoms with van der Waals surface area (Å²) in [4.78, 5) is 38.3. The Morgan fingerprint density at radius 2 is 1.79 bits per heavy atom. The Kier molecular flexibility index (Phi) is 6.85. The number of nitrogens with zero attached hydrogens (tertiary/aromatic N) is 2. The molecule has 0 spiro atoms. The zero-order valence-electron chi connectivity index (χ0n) is 16.1. The van der Waals surface area contributed by atoms with Crippen molar-refractivity contribution < 1.29 is 9.53 Å². The van der Waals surface area contributed by atoms with Crippen molar-refractivity contribution in [1.82, 2.24) is 14.5 Å². The molecule has 0 aliphatic rings. The number of nitrogens with one attached hydrogen (secondary N) is 1. The second kappa shape index (κ2) is 9.54. The number of carbonyl (C=O) groups is 1. The summed E-state index contributed by atoms with van der Waals surface area (Å²) in [6, 6.07) is 13.7. The van der Waals surface area contributed by atoms with Gasteiger partial charge in [-0.15, -0.1) is 0 Å². The molecule has 0 radical (unpaired) electrons. The van der Waals surface area contributed by atoms with Crippen LogP contribution in [-0.4, -0.2) is 35.3 Å². The third-order valence-corrected chi connectivity index (χ3v) is 4.79. The minimum absolute atomic E-state index is 0.0924. The first-order valence-corrected chi connectivity index (χ1v) is 9.61. The molecule has 0 atom stereocenters. The number of aromatic nitrogens is 2. The van der Waals surface area contributed by atoms with E-state index in [1.54, 1.807) is 55.6 Å². The Morgan fingerprint density at radius 3 is 2.52 bits per heavy atom. The van der Waals surface area contributed by atoms with Gasteiger partial charge >= 0.3 is 5.69 Å². The molecule has 0 saturated carbocycles. The van der Waals surface area contributed by atoms with E-state index in [1.807, 2.05) is 0 Å². The molecule has 1 heterocycles. The fraction of sp³-hybridized carbons (Fsp3) is 0.286. The van der Waals surface area contributed by atoms with E-state index in [-0.39, 0.29) is 19.0 Å². The highest BCUT2D eigenvalue weighted by atomic mass is 35.5. The van der Waals surface area contributed by atoms with Crippen LogP contribution >= 0.6 is 11.6 Å². The molecule has 0 fully saturated rings. The Labute approximate surface area is 172 Å². The van der Waals surface area contributed by atoms with Crippen LogP contribution in [0.25, 0.3) is 10.9 Å². The molecular formula is C21H22ClN3O4. The van der Waals surface area contributed by atoms with Gasteiger partial charge < -0.3 is 10.1 Å². The van der Waals surface area contributed by atoms with E-state index in [9.17, 15) is 14.4 Å². The average Bonchev–Trinajstić information content (AvgIpc) is 2.73. The monoisotopic (exact) mass is 415 g/mol. The number of para-hydroxylation sites is 1. The zero-order valence-corrected chi connectivity index (χ0v) is 16.8. The maximum absolute atomic E-state index is 13.1. The highest BCUT2D eigenvalue weighted by molar-refractivity contribution is 6.30. The molecule has 0 bridgehead atoms. The maximum atomic E-state index is 13.1. The lowest BCUT2D eigenvalue weighted by Crippen LogP contribution is -2.43. The van der Waals surface area contributed by atoms with Gasteiger partial charge in [-0.2, -0.15) is 0 Å². The van der Waals surface area contributed by atoms with Crippen LogP contribution in [0.4, 0.5) is 0 Å². The van der Waals surface area contributed by atoms with Gasteiger partial charge in [-0.05, 0) is 36.2 Å². The van der Waals surface area contributed by atoms with Gasteiger partial charge in [0.25, 0.3) is 5.56 Å². The van der Waals surface area contributed by atoms with Crippen LogP contribution < -0.4 is 16.6 Å². The molecule has 0 aliphatic heterocycles. The minimum atomic E-state index is -0.532. The number of carbonyl (C=O) groups excluding carboxylic acids is 1. The second-order valence-electron chi connectivity index (χ2n) is 6.60. The topological polar surface area (TPSA) is 82.3 Å². The van der Waals surface area contributed by atoms with E-state index in [4.69, 9.17) is 16.3 Å². The summed E-state index contributed by atoms with van der Waals surface area (Å²) in [6.45, 7) is 0.904. The van der Waals surface area contributed by atoms with Crippen molar-refractivity contribution in [3.05, 3.63) is 80.0 Å². The Hall–Kier alpha value is -2.90. The standard InChI is InChI=1S/C21H22ClN3O4/c1-29-12-4-11-23-19(26)14-24-18-6-3-2-5-17(18)20(27)25(21(24)28)13-15-7-9-16(22)10-8-15/h2-3,5-10H,4,11-14H2,1H3,(H,23,26). The molecule has 29 heavy (non-hydrogen) atoms. The fourth-order valence-corrected chi connectivity index (χ4v) is 3.21. The van der Waals surface area contributed by atoms with Gasteiger partial charge in [0.1, 0.15) is 6.54 Å². The molecule has 152 valence electrons. The van der Waals surface area contributed by atoms with Crippen LogP contribution in [0, 0.1) is 0 Å². The van der Waals surface area contributed by atoms with E-state index >= 15 is 0 Å². The van der Waals surface area contributed by atoms with Crippen LogP contribution in [0.5, 0.6) is 0 Å². The molecule has 8 heteroatoms. The number of methoxy groups -OCH3 is 1. The van der Waals surface area contributed by atoms with Gasteiger partial charge in [-0.25, -0.2) is 4.79 Å². The van der Waals surface area contributed by atoms with Gasteiger partial charge in [0, 0.05) is 25.3 Å². The second-order valence-corrected chi connectivity index (χ2v) is 7.04. The summed E-state index contributed by atoms with van der Waals surface area (Å²) in [7, 11) is 1.59. The lowest BCUT2D eigenvalue weighted by Gasteiger charge is -2.14. The summed E-state index contributed by atoms with van der Waals surface area (Å²) in [6.07, 6.45) is 0.675. The Balaban J connectivity index is 1.98. The predicted molar refractivity (Wildman–Crippen MR) is 113 cm³/mol.